The summed E-state index contributed by atoms with van der Waals surface area (Å²) in [6, 6.07) is 14.1. The molecule has 0 aliphatic heterocycles. The van der Waals surface area contributed by atoms with Crippen LogP contribution >= 0.6 is 0 Å². The monoisotopic (exact) mass is 209 g/mol. The third kappa shape index (κ3) is 1.42. The lowest BCUT2D eigenvalue weighted by Crippen LogP contribution is -1.91. The molecule has 2 heterocycles. The number of benzene rings is 1. The molecule has 16 heavy (non-hydrogen) atoms. The van der Waals surface area contributed by atoms with Crippen LogP contribution in [0.1, 0.15) is 0 Å². The van der Waals surface area contributed by atoms with E-state index in [9.17, 15) is 0 Å². The first kappa shape index (κ1) is 8.97. The van der Waals surface area contributed by atoms with Crippen molar-refractivity contribution in [3.8, 4) is 11.1 Å². The summed E-state index contributed by atoms with van der Waals surface area (Å²) in [4.78, 5) is 4.26. The van der Waals surface area contributed by atoms with Gasteiger partial charge in [0.15, 0.2) is 0 Å². The van der Waals surface area contributed by atoms with Crippen LogP contribution in [0.4, 0.5) is 5.82 Å². The first-order valence-corrected chi connectivity index (χ1v) is 5.12. The second kappa shape index (κ2) is 3.38. The molecule has 3 nitrogen and oxygen atoms in total. The van der Waals surface area contributed by atoms with Crippen LogP contribution in [0.5, 0.6) is 0 Å². The van der Waals surface area contributed by atoms with Crippen molar-refractivity contribution < 1.29 is 0 Å². The topological polar surface area (TPSA) is 43.3 Å². The van der Waals surface area contributed by atoms with Crippen LogP contribution in [0.3, 0.4) is 0 Å². The number of rotatable bonds is 1. The summed E-state index contributed by atoms with van der Waals surface area (Å²) in [5.41, 5.74) is 8.86. The molecule has 0 aliphatic carbocycles. The van der Waals surface area contributed by atoms with E-state index in [1.54, 1.807) is 6.07 Å². The molecule has 3 rings (SSSR count). The summed E-state index contributed by atoms with van der Waals surface area (Å²) < 4.78 is 1.97. The predicted octanol–water partition coefficient (Wildman–Crippen LogP) is 2.58. The van der Waals surface area contributed by atoms with Crippen LogP contribution in [-0.2, 0) is 0 Å². The minimum atomic E-state index is 0.546. The van der Waals surface area contributed by atoms with Crippen molar-refractivity contribution in [2.45, 2.75) is 0 Å². The molecule has 3 aromatic rings. The molecule has 2 aromatic heterocycles. The van der Waals surface area contributed by atoms with Crippen molar-refractivity contribution in [1.29, 1.82) is 0 Å². The molecular formula is C13H11N3. The van der Waals surface area contributed by atoms with Gasteiger partial charge in [-0.05, 0) is 17.7 Å². The van der Waals surface area contributed by atoms with E-state index in [1.807, 2.05) is 34.9 Å². The minimum Gasteiger partial charge on any atom is -0.384 e. The Balaban J connectivity index is 2.19. The van der Waals surface area contributed by atoms with Crippen LogP contribution in [0, 0.1) is 0 Å². The van der Waals surface area contributed by atoms with E-state index in [2.05, 4.69) is 23.3 Å². The fourth-order valence-corrected chi connectivity index (χ4v) is 1.79. The van der Waals surface area contributed by atoms with Gasteiger partial charge in [-0.2, -0.15) is 0 Å². The SMILES string of the molecule is Nc1ccn2cc(-c3ccccc3)cc2n1. The first-order valence-electron chi connectivity index (χ1n) is 5.12. The van der Waals surface area contributed by atoms with Crippen molar-refractivity contribution in [2.24, 2.45) is 0 Å². The lowest BCUT2D eigenvalue weighted by atomic mass is 10.1. The summed E-state index contributed by atoms with van der Waals surface area (Å²) in [6.45, 7) is 0. The average molecular weight is 209 g/mol. The molecule has 78 valence electrons. The highest BCUT2D eigenvalue weighted by Crippen LogP contribution is 2.21. The number of aromatic nitrogens is 2. The van der Waals surface area contributed by atoms with E-state index in [0.717, 1.165) is 11.2 Å². The Morgan fingerprint density at radius 3 is 2.62 bits per heavy atom. The van der Waals surface area contributed by atoms with Crippen molar-refractivity contribution >= 4 is 11.5 Å². The van der Waals surface area contributed by atoms with Gasteiger partial charge in [-0.25, -0.2) is 4.98 Å². The van der Waals surface area contributed by atoms with E-state index >= 15 is 0 Å². The van der Waals surface area contributed by atoms with Gasteiger partial charge < -0.3 is 10.1 Å². The molecule has 1 aromatic carbocycles. The maximum Gasteiger partial charge on any atom is 0.139 e. The predicted molar refractivity (Wildman–Crippen MR) is 65.0 cm³/mol. The Kier molecular flexibility index (Phi) is 1.90. The maximum absolute atomic E-state index is 5.65. The Hall–Kier alpha value is -2.29. The molecule has 0 saturated heterocycles. The Bertz CT molecular complexity index is 626. The molecule has 0 bridgehead atoms. The molecule has 2 N–H and O–H groups in total. The number of fused-ring (bicyclic) bond motifs is 1. The Labute approximate surface area is 93.2 Å². The highest BCUT2D eigenvalue weighted by Gasteiger charge is 2.02. The van der Waals surface area contributed by atoms with Crippen molar-refractivity contribution in [1.82, 2.24) is 9.38 Å². The van der Waals surface area contributed by atoms with Gasteiger partial charge in [0.25, 0.3) is 0 Å². The molecule has 0 aliphatic rings. The standard InChI is InChI=1S/C13H11N3/c14-12-6-7-16-9-11(8-13(16)15-12)10-4-2-1-3-5-10/h1-9H,(H2,14,15). The molecular weight excluding hydrogens is 198 g/mol. The molecule has 0 unspecified atom stereocenters. The highest BCUT2D eigenvalue weighted by molar-refractivity contribution is 5.68. The third-order valence-electron chi connectivity index (χ3n) is 2.58. The van der Waals surface area contributed by atoms with Crippen molar-refractivity contribution in [2.75, 3.05) is 5.73 Å². The number of hydrogen-bond acceptors (Lipinski definition) is 2. The molecule has 0 atom stereocenters. The summed E-state index contributed by atoms with van der Waals surface area (Å²) >= 11 is 0. The minimum absolute atomic E-state index is 0.546. The molecule has 0 spiro atoms. The van der Waals surface area contributed by atoms with E-state index in [0.29, 0.717) is 5.82 Å². The zero-order chi connectivity index (χ0) is 11.0. The molecule has 3 heteroatoms. The zero-order valence-corrected chi connectivity index (χ0v) is 8.67. The van der Waals surface area contributed by atoms with Crippen LogP contribution in [-0.4, -0.2) is 9.38 Å². The van der Waals surface area contributed by atoms with Crippen LogP contribution in [0.25, 0.3) is 16.8 Å². The van der Waals surface area contributed by atoms with Crippen molar-refractivity contribution in [3.63, 3.8) is 0 Å². The fourth-order valence-electron chi connectivity index (χ4n) is 1.79. The zero-order valence-electron chi connectivity index (χ0n) is 8.67. The van der Waals surface area contributed by atoms with Gasteiger partial charge in [0, 0.05) is 18.0 Å². The summed E-state index contributed by atoms with van der Waals surface area (Å²) in [5, 5.41) is 0. The van der Waals surface area contributed by atoms with Gasteiger partial charge in [0.1, 0.15) is 11.5 Å². The lowest BCUT2D eigenvalue weighted by Gasteiger charge is -1.94. The van der Waals surface area contributed by atoms with Crippen molar-refractivity contribution in [3.05, 3.63) is 54.9 Å². The number of nitrogens with two attached hydrogens (primary N) is 1. The van der Waals surface area contributed by atoms with Gasteiger partial charge in [0.05, 0.1) is 0 Å². The molecule has 0 fully saturated rings. The lowest BCUT2D eigenvalue weighted by molar-refractivity contribution is 1.14. The van der Waals surface area contributed by atoms with Gasteiger partial charge >= 0.3 is 0 Å². The van der Waals surface area contributed by atoms with E-state index < -0.39 is 0 Å². The number of nitrogen functional groups attached to an aromatic ring is 1. The highest BCUT2D eigenvalue weighted by atomic mass is 15.0. The third-order valence-corrected chi connectivity index (χ3v) is 2.58. The van der Waals surface area contributed by atoms with Gasteiger partial charge in [-0.15, -0.1) is 0 Å². The number of hydrogen-bond donors (Lipinski definition) is 1. The smallest absolute Gasteiger partial charge is 0.139 e. The molecule has 0 radical (unpaired) electrons. The second-order valence-electron chi connectivity index (χ2n) is 3.71. The first-order chi connectivity index (χ1) is 7.83. The Morgan fingerprint density at radius 1 is 1.00 bits per heavy atom. The van der Waals surface area contributed by atoms with Gasteiger partial charge in [0.2, 0.25) is 0 Å². The van der Waals surface area contributed by atoms with Gasteiger partial charge in [-0.3, -0.25) is 0 Å². The quantitative estimate of drug-likeness (QED) is 0.669. The normalized spacial score (nSPS) is 10.8. The maximum atomic E-state index is 5.65. The number of anilines is 1. The summed E-state index contributed by atoms with van der Waals surface area (Å²) in [7, 11) is 0. The molecule has 0 saturated carbocycles. The fraction of sp³-hybridized carbons (Fsp3) is 0. The average Bonchev–Trinajstić information content (AvgIpc) is 2.73. The Morgan fingerprint density at radius 2 is 1.81 bits per heavy atom. The number of nitrogens with zero attached hydrogens (tertiary/aromatic N) is 2. The second-order valence-corrected chi connectivity index (χ2v) is 3.71. The van der Waals surface area contributed by atoms with E-state index in [1.165, 1.54) is 5.56 Å². The van der Waals surface area contributed by atoms with Crippen LogP contribution in [0.2, 0.25) is 0 Å². The van der Waals surface area contributed by atoms with E-state index in [-0.39, 0.29) is 0 Å². The largest absolute Gasteiger partial charge is 0.384 e. The molecule has 0 amide bonds. The van der Waals surface area contributed by atoms with Crippen LogP contribution in [0.15, 0.2) is 54.9 Å². The summed E-state index contributed by atoms with van der Waals surface area (Å²) in [5.74, 6) is 0.546. The van der Waals surface area contributed by atoms with Crippen LogP contribution < -0.4 is 5.73 Å². The van der Waals surface area contributed by atoms with E-state index in [4.69, 9.17) is 5.73 Å². The van der Waals surface area contributed by atoms with Gasteiger partial charge in [-0.1, -0.05) is 30.3 Å². The summed E-state index contributed by atoms with van der Waals surface area (Å²) in [6.07, 6.45) is 3.97.